The maximum Gasteiger partial charge on any atom is 0.159 e. The lowest BCUT2D eigenvalue weighted by molar-refractivity contribution is 0.500. The first-order chi connectivity index (χ1) is 34.1. The van der Waals surface area contributed by atoms with Crippen LogP contribution in [0.15, 0.2) is 179 Å². The highest BCUT2D eigenvalue weighted by Crippen LogP contribution is 2.51. The van der Waals surface area contributed by atoms with Gasteiger partial charge in [-0.25, -0.2) is 0 Å². The Morgan fingerprint density at radius 1 is 0.414 bits per heavy atom. The SMILES string of the molecule is CCc1ccc(N(c2ccc3ccc4c(N(c5ccc(CC)cc5)c5cccc6c5oc5c(C(C)(C)CC)cccc56)ccc5ccc2c3c54)c2cccc3c2oc2c(C(C)C(C)C)cccc23)cc1. The molecule has 346 valence electrons. The van der Waals surface area contributed by atoms with Gasteiger partial charge in [-0.3, -0.25) is 0 Å². The van der Waals surface area contributed by atoms with Crippen molar-refractivity contribution >= 4 is 110 Å². The normalized spacial score (nSPS) is 12.8. The molecule has 12 rings (SSSR count). The number of hydrogen-bond acceptors (Lipinski definition) is 4. The summed E-state index contributed by atoms with van der Waals surface area (Å²) in [5.41, 5.74) is 15.2. The Morgan fingerprint density at radius 2 is 0.843 bits per heavy atom. The van der Waals surface area contributed by atoms with Gasteiger partial charge in [-0.1, -0.05) is 177 Å². The van der Waals surface area contributed by atoms with Crippen LogP contribution < -0.4 is 9.80 Å². The Bertz CT molecular complexity index is 3930. The molecule has 0 aliphatic carbocycles. The molecule has 0 bridgehead atoms. The molecule has 4 heteroatoms. The number of fused-ring (bicyclic) bond motifs is 6. The summed E-state index contributed by atoms with van der Waals surface area (Å²) in [6.45, 7) is 18.2. The molecule has 1 unspecified atom stereocenters. The van der Waals surface area contributed by atoms with Gasteiger partial charge in [0, 0.05) is 49.3 Å². The lowest BCUT2D eigenvalue weighted by Gasteiger charge is -2.29. The smallest absolute Gasteiger partial charge is 0.159 e. The first kappa shape index (κ1) is 43.7. The van der Waals surface area contributed by atoms with Gasteiger partial charge in [0.1, 0.15) is 11.2 Å². The van der Waals surface area contributed by atoms with Crippen LogP contribution in [0, 0.1) is 5.92 Å². The van der Waals surface area contributed by atoms with Crippen molar-refractivity contribution in [1.82, 2.24) is 0 Å². The van der Waals surface area contributed by atoms with Crippen molar-refractivity contribution < 1.29 is 8.83 Å². The first-order valence-corrected chi connectivity index (χ1v) is 25.5. The Labute approximate surface area is 411 Å². The summed E-state index contributed by atoms with van der Waals surface area (Å²) in [4.78, 5) is 4.86. The van der Waals surface area contributed by atoms with Crippen molar-refractivity contribution in [1.29, 1.82) is 0 Å². The van der Waals surface area contributed by atoms with E-state index >= 15 is 0 Å². The molecule has 0 aliphatic heterocycles. The zero-order valence-corrected chi connectivity index (χ0v) is 41.7. The fourth-order valence-electron chi connectivity index (χ4n) is 11.2. The van der Waals surface area contributed by atoms with Crippen LogP contribution in [-0.2, 0) is 18.3 Å². The second-order valence-corrected chi connectivity index (χ2v) is 20.5. The fourth-order valence-corrected chi connectivity index (χ4v) is 11.2. The molecule has 1 atom stereocenters. The molecule has 0 amide bonds. The summed E-state index contributed by atoms with van der Waals surface area (Å²) in [5.74, 6) is 0.820. The summed E-state index contributed by atoms with van der Waals surface area (Å²) >= 11 is 0. The molecular weight excluding hydrogens is 853 g/mol. The molecule has 0 fully saturated rings. The average molecular weight is 913 g/mol. The highest BCUT2D eigenvalue weighted by molar-refractivity contribution is 6.29. The Hall–Kier alpha value is -7.56. The van der Waals surface area contributed by atoms with Gasteiger partial charge in [0.2, 0.25) is 0 Å². The van der Waals surface area contributed by atoms with Gasteiger partial charge in [0.15, 0.2) is 11.2 Å². The third kappa shape index (κ3) is 6.78. The van der Waals surface area contributed by atoms with E-state index in [4.69, 9.17) is 8.83 Å². The zero-order chi connectivity index (χ0) is 48.0. The lowest BCUT2D eigenvalue weighted by Crippen LogP contribution is -2.15. The number of anilines is 6. The van der Waals surface area contributed by atoms with Crippen molar-refractivity contribution in [2.45, 2.75) is 86.0 Å². The van der Waals surface area contributed by atoms with Crippen molar-refractivity contribution in [3.8, 4) is 0 Å². The number of furan rings is 2. The predicted molar refractivity (Wildman–Crippen MR) is 299 cm³/mol. The number of rotatable bonds is 12. The van der Waals surface area contributed by atoms with E-state index in [0.29, 0.717) is 11.8 Å². The molecule has 0 aliphatic rings. The number of benzene rings is 10. The Balaban J connectivity index is 1.11. The molecule has 0 radical (unpaired) electrons. The average Bonchev–Trinajstić information content (AvgIpc) is 3.98. The topological polar surface area (TPSA) is 32.8 Å². The predicted octanol–water partition coefficient (Wildman–Crippen LogP) is 19.9. The van der Waals surface area contributed by atoms with E-state index in [1.807, 2.05) is 0 Å². The summed E-state index contributed by atoms with van der Waals surface area (Å²) in [6, 6.07) is 63.3. The minimum absolute atomic E-state index is 0.0447. The number of nitrogens with zero attached hydrogens (tertiary/aromatic N) is 2. The minimum Gasteiger partial charge on any atom is -0.454 e. The fraction of sp³-hybridized carbons (Fsp3) is 0.212. The van der Waals surface area contributed by atoms with Gasteiger partial charge < -0.3 is 18.6 Å². The number of para-hydroxylation sites is 4. The van der Waals surface area contributed by atoms with Crippen LogP contribution >= 0.6 is 0 Å². The van der Waals surface area contributed by atoms with Crippen LogP contribution in [0.5, 0.6) is 0 Å². The van der Waals surface area contributed by atoms with Crippen LogP contribution in [0.25, 0.3) is 76.2 Å². The Kier molecular flexibility index (Phi) is 10.5. The maximum absolute atomic E-state index is 7.16. The van der Waals surface area contributed by atoms with Crippen molar-refractivity contribution in [2.24, 2.45) is 5.92 Å². The van der Waals surface area contributed by atoms with Crippen LogP contribution in [0.4, 0.5) is 34.1 Å². The van der Waals surface area contributed by atoms with Gasteiger partial charge in [-0.05, 0) is 123 Å². The van der Waals surface area contributed by atoms with Gasteiger partial charge in [-0.15, -0.1) is 0 Å². The van der Waals surface area contributed by atoms with Gasteiger partial charge in [-0.2, -0.15) is 0 Å². The van der Waals surface area contributed by atoms with Crippen LogP contribution in [0.3, 0.4) is 0 Å². The molecule has 0 saturated carbocycles. The van der Waals surface area contributed by atoms with E-state index < -0.39 is 0 Å². The third-order valence-electron chi connectivity index (χ3n) is 15.9. The summed E-state index contributed by atoms with van der Waals surface area (Å²) in [6.07, 6.45) is 2.95. The van der Waals surface area contributed by atoms with Crippen LogP contribution in [0.1, 0.15) is 90.0 Å². The highest BCUT2D eigenvalue weighted by atomic mass is 16.3. The van der Waals surface area contributed by atoms with Crippen molar-refractivity contribution in [3.63, 3.8) is 0 Å². The zero-order valence-electron chi connectivity index (χ0n) is 41.7. The third-order valence-corrected chi connectivity index (χ3v) is 15.9. The molecule has 2 aromatic heterocycles. The second kappa shape index (κ2) is 16.8. The second-order valence-electron chi connectivity index (χ2n) is 20.5. The molecular formula is C66H60N2O2. The van der Waals surface area contributed by atoms with Gasteiger partial charge in [0.05, 0.1) is 22.7 Å². The summed E-state index contributed by atoms with van der Waals surface area (Å²) in [7, 11) is 0. The quantitative estimate of drug-likeness (QED) is 0.114. The molecule has 4 nitrogen and oxygen atoms in total. The first-order valence-electron chi connectivity index (χ1n) is 25.5. The van der Waals surface area contributed by atoms with E-state index in [9.17, 15) is 0 Å². The largest absolute Gasteiger partial charge is 0.454 e. The van der Waals surface area contributed by atoms with Crippen molar-refractivity contribution in [3.05, 3.63) is 192 Å². The van der Waals surface area contributed by atoms with E-state index in [-0.39, 0.29) is 5.41 Å². The minimum atomic E-state index is -0.0447. The van der Waals surface area contributed by atoms with Crippen molar-refractivity contribution in [2.75, 3.05) is 9.80 Å². The summed E-state index contributed by atoms with van der Waals surface area (Å²) in [5, 5.41) is 11.8. The van der Waals surface area contributed by atoms with Gasteiger partial charge >= 0.3 is 0 Å². The lowest BCUT2D eigenvalue weighted by atomic mass is 9.81. The number of hydrogen-bond donors (Lipinski definition) is 0. The standard InChI is InChI=1S/C66H60N2O2/c1-9-42-24-32-46(33-25-42)67(58-22-14-19-51-49-17-12-16-48(41(6)40(4)5)62(49)69-64(51)58)56-38-30-44-29-37-54-57(39-31-45-28-36-53(56)60(44)61(45)54)68(47-34-26-43(10-2)27-35-47)59-23-15-20-52-50-18-13-21-55(66(7,8)11-3)63(50)70-65(52)59/h12-41H,9-11H2,1-8H3. The van der Waals surface area contributed by atoms with E-state index in [1.165, 1.54) is 54.6 Å². The molecule has 0 spiro atoms. The molecule has 10 aromatic carbocycles. The molecule has 70 heavy (non-hydrogen) atoms. The number of aryl methyl sites for hydroxylation is 2. The van der Waals surface area contributed by atoms with E-state index in [0.717, 1.165) is 97.3 Å². The molecule has 12 aromatic rings. The molecule has 0 N–H and O–H groups in total. The summed E-state index contributed by atoms with van der Waals surface area (Å²) < 4.78 is 14.3. The highest BCUT2D eigenvalue weighted by Gasteiger charge is 2.28. The van der Waals surface area contributed by atoms with Crippen LogP contribution in [0.2, 0.25) is 0 Å². The van der Waals surface area contributed by atoms with Gasteiger partial charge in [0.25, 0.3) is 0 Å². The molecule has 0 saturated heterocycles. The monoisotopic (exact) mass is 912 g/mol. The maximum atomic E-state index is 7.16. The van der Waals surface area contributed by atoms with E-state index in [1.54, 1.807) is 0 Å². The Morgan fingerprint density at radius 3 is 1.31 bits per heavy atom. The van der Waals surface area contributed by atoms with Crippen LogP contribution in [-0.4, -0.2) is 0 Å². The molecule has 2 heterocycles. The van der Waals surface area contributed by atoms with E-state index in [2.05, 4.69) is 235 Å².